The number of Topliss-reactive ketones (excluding diaryl/α,β-unsaturated/α-hetero) is 1. The van der Waals surface area contributed by atoms with Gasteiger partial charge in [-0.15, -0.1) is 0 Å². The van der Waals surface area contributed by atoms with Gasteiger partial charge >= 0.3 is 11.9 Å². The summed E-state index contributed by atoms with van der Waals surface area (Å²) in [6, 6.07) is 7.60. The Morgan fingerprint density at radius 1 is 1.06 bits per heavy atom. The zero-order valence-corrected chi connectivity index (χ0v) is 21.8. The highest BCUT2D eigenvalue weighted by atomic mass is 19.1. The maximum Gasteiger partial charge on any atom is 0.309 e. The highest BCUT2D eigenvalue weighted by Gasteiger charge is 2.37. The first kappa shape index (κ1) is 28.9. The number of aromatic nitrogens is 1. The van der Waals surface area contributed by atoms with Gasteiger partial charge in [0, 0.05) is 38.6 Å². The van der Waals surface area contributed by atoms with Gasteiger partial charge in [0.05, 0.1) is 18.6 Å². The number of nitrogens with zero attached hydrogens (tertiary/aromatic N) is 1. The quantitative estimate of drug-likeness (QED) is 0.307. The van der Waals surface area contributed by atoms with E-state index in [1.807, 2.05) is 13.8 Å². The van der Waals surface area contributed by atoms with E-state index >= 15 is 0 Å². The number of benzene rings is 1. The molecule has 1 aromatic carbocycles. The molecule has 0 unspecified atom stereocenters. The monoisotopic (exact) mass is 503 g/mol. The Bertz CT molecular complexity index is 1070. The number of rotatable bonds is 12. The van der Waals surface area contributed by atoms with Gasteiger partial charge in [-0.2, -0.15) is 0 Å². The van der Waals surface area contributed by atoms with Crippen molar-refractivity contribution in [2.24, 2.45) is 11.8 Å². The third kappa shape index (κ3) is 7.58. The van der Waals surface area contributed by atoms with Crippen LogP contribution in [0.1, 0.15) is 57.1 Å². The number of carbonyl (C=O) groups is 3. The zero-order chi connectivity index (χ0) is 27.0. The zero-order valence-electron chi connectivity index (χ0n) is 21.8. The van der Waals surface area contributed by atoms with Crippen molar-refractivity contribution in [3.8, 4) is 11.5 Å². The van der Waals surface area contributed by atoms with Crippen molar-refractivity contribution in [3.05, 3.63) is 53.6 Å². The van der Waals surface area contributed by atoms with E-state index in [-0.39, 0.29) is 35.3 Å². The fraction of sp³-hybridized carbons (Fsp3) is 0.481. The van der Waals surface area contributed by atoms with E-state index in [1.54, 1.807) is 33.1 Å². The Kier molecular flexibility index (Phi) is 10.1. The number of hydrogen-bond acceptors (Lipinski definition) is 8. The summed E-state index contributed by atoms with van der Waals surface area (Å²) in [5, 5.41) is 0. The van der Waals surface area contributed by atoms with Gasteiger partial charge in [0.2, 0.25) is 5.75 Å². The molecule has 0 spiro atoms. The van der Waals surface area contributed by atoms with Gasteiger partial charge in [0.25, 0.3) is 0 Å². The van der Waals surface area contributed by atoms with Crippen LogP contribution in [0.15, 0.2) is 36.5 Å². The topological polar surface area (TPSA) is 101 Å². The number of esters is 2. The number of hydrogen-bond donors (Lipinski definition) is 0. The standard InChI is InChI=1S/C27H34FNO7/c1-16(14-22(31)24-25(36-18(3)30)23(33-6)12-13-29-24)26(32)35-17(2)21(27(4,5)34-7)15-19-8-10-20(28)11-9-19/h8-13,16-17,21H,14-15H2,1-7H3/t16-,17+,21+/m1/s1. The molecule has 36 heavy (non-hydrogen) atoms. The van der Waals surface area contributed by atoms with Crippen LogP contribution >= 0.6 is 0 Å². The molecule has 8 nitrogen and oxygen atoms in total. The molecule has 0 aliphatic heterocycles. The van der Waals surface area contributed by atoms with Gasteiger partial charge in [-0.05, 0) is 44.9 Å². The lowest BCUT2D eigenvalue weighted by molar-refractivity contribution is -0.161. The van der Waals surface area contributed by atoms with Gasteiger partial charge in [-0.1, -0.05) is 19.1 Å². The number of ketones is 1. The van der Waals surface area contributed by atoms with Crippen molar-refractivity contribution in [1.82, 2.24) is 4.98 Å². The first-order chi connectivity index (χ1) is 16.9. The third-order valence-corrected chi connectivity index (χ3v) is 6.15. The average molecular weight is 504 g/mol. The Morgan fingerprint density at radius 2 is 1.69 bits per heavy atom. The SMILES string of the molecule is COc1ccnc(C(=O)C[C@@H](C)C(=O)O[C@@H](C)[C@H](Cc2ccc(F)cc2)C(C)(C)OC)c1OC(C)=O. The molecule has 0 N–H and O–H groups in total. The van der Waals surface area contributed by atoms with Crippen molar-refractivity contribution >= 4 is 17.7 Å². The summed E-state index contributed by atoms with van der Waals surface area (Å²) >= 11 is 0. The van der Waals surface area contributed by atoms with Crippen LogP contribution in [0.2, 0.25) is 0 Å². The first-order valence-electron chi connectivity index (χ1n) is 11.6. The Labute approximate surface area is 211 Å². The number of pyridine rings is 1. The Balaban J connectivity index is 2.15. The Morgan fingerprint density at radius 3 is 2.25 bits per heavy atom. The Hall–Kier alpha value is -3.33. The highest BCUT2D eigenvalue weighted by molar-refractivity contribution is 5.99. The minimum atomic E-state index is -0.796. The van der Waals surface area contributed by atoms with Gasteiger partial charge in [-0.25, -0.2) is 9.37 Å². The van der Waals surface area contributed by atoms with Gasteiger partial charge in [-0.3, -0.25) is 14.4 Å². The molecule has 196 valence electrons. The van der Waals surface area contributed by atoms with Gasteiger partial charge in [0.1, 0.15) is 11.9 Å². The molecule has 0 amide bonds. The summed E-state index contributed by atoms with van der Waals surface area (Å²) in [6.07, 6.45) is 1.07. The maximum atomic E-state index is 13.3. The van der Waals surface area contributed by atoms with E-state index in [2.05, 4.69) is 4.98 Å². The van der Waals surface area contributed by atoms with Crippen LogP contribution in [0.4, 0.5) is 4.39 Å². The summed E-state index contributed by atoms with van der Waals surface area (Å²) in [5.74, 6) is -2.99. The molecule has 9 heteroatoms. The second-order valence-corrected chi connectivity index (χ2v) is 9.20. The lowest BCUT2D eigenvalue weighted by Crippen LogP contribution is -2.43. The largest absolute Gasteiger partial charge is 0.493 e. The molecule has 0 radical (unpaired) electrons. The normalized spacial score (nSPS) is 13.9. The lowest BCUT2D eigenvalue weighted by Gasteiger charge is -2.37. The van der Waals surface area contributed by atoms with Crippen LogP contribution in [0, 0.1) is 17.7 Å². The predicted octanol–water partition coefficient (Wildman–Crippen LogP) is 4.58. The molecule has 1 heterocycles. The lowest BCUT2D eigenvalue weighted by atomic mass is 9.81. The van der Waals surface area contributed by atoms with Gasteiger partial charge < -0.3 is 18.9 Å². The van der Waals surface area contributed by atoms with Crippen LogP contribution in [-0.2, 0) is 25.5 Å². The van der Waals surface area contributed by atoms with Crippen LogP contribution in [0.5, 0.6) is 11.5 Å². The number of ether oxygens (including phenoxy) is 4. The molecule has 2 rings (SSSR count). The molecular formula is C27H34FNO7. The number of halogens is 1. The molecule has 3 atom stereocenters. The molecule has 0 aliphatic rings. The summed E-state index contributed by atoms with van der Waals surface area (Å²) in [7, 11) is 2.96. The molecule has 0 saturated heterocycles. The fourth-order valence-electron chi connectivity index (χ4n) is 3.87. The highest BCUT2D eigenvalue weighted by Crippen LogP contribution is 2.32. The summed E-state index contributed by atoms with van der Waals surface area (Å²) in [4.78, 5) is 41.4. The van der Waals surface area contributed by atoms with E-state index in [9.17, 15) is 18.8 Å². The molecule has 1 aromatic heterocycles. The van der Waals surface area contributed by atoms with E-state index in [1.165, 1.54) is 38.4 Å². The summed E-state index contributed by atoms with van der Waals surface area (Å²) in [6.45, 7) is 8.33. The minimum Gasteiger partial charge on any atom is -0.493 e. The molecule has 0 fully saturated rings. The number of methoxy groups -OCH3 is 2. The summed E-state index contributed by atoms with van der Waals surface area (Å²) < 4.78 is 35.1. The van der Waals surface area contributed by atoms with E-state index in [0.717, 1.165) is 5.56 Å². The van der Waals surface area contributed by atoms with Crippen LogP contribution in [0.25, 0.3) is 0 Å². The average Bonchev–Trinajstić information content (AvgIpc) is 2.82. The van der Waals surface area contributed by atoms with E-state index in [4.69, 9.17) is 18.9 Å². The summed E-state index contributed by atoms with van der Waals surface area (Å²) in [5.41, 5.74) is 0.114. The van der Waals surface area contributed by atoms with E-state index < -0.39 is 35.3 Å². The molecule has 0 bridgehead atoms. The second kappa shape index (κ2) is 12.6. The first-order valence-corrected chi connectivity index (χ1v) is 11.6. The minimum absolute atomic E-state index is 0.0901. The second-order valence-electron chi connectivity index (χ2n) is 9.20. The van der Waals surface area contributed by atoms with Gasteiger partial charge in [0.15, 0.2) is 17.2 Å². The van der Waals surface area contributed by atoms with Crippen LogP contribution in [-0.4, -0.2) is 48.6 Å². The maximum absolute atomic E-state index is 13.3. The van der Waals surface area contributed by atoms with Crippen molar-refractivity contribution < 1.29 is 37.7 Å². The van der Waals surface area contributed by atoms with Crippen molar-refractivity contribution in [2.45, 2.75) is 59.2 Å². The smallest absolute Gasteiger partial charge is 0.309 e. The van der Waals surface area contributed by atoms with E-state index in [0.29, 0.717) is 6.42 Å². The fourth-order valence-corrected chi connectivity index (χ4v) is 3.87. The molecular weight excluding hydrogens is 469 g/mol. The van der Waals surface area contributed by atoms with Crippen LogP contribution in [0.3, 0.4) is 0 Å². The molecule has 0 saturated carbocycles. The van der Waals surface area contributed by atoms with Crippen molar-refractivity contribution in [3.63, 3.8) is 0 Å². The third-order valence-electron chi connectivity index (χ3n) is 6.15. The van der Waals surface area contributed by atoms with Crippen molar-refractivity contribution in [2.75, 3.05) is 14.2 Å². The predicted molar refractivity (Wildman–Crippen MR) is 130 cm³/mol. The van der Waals surface area contributed by atoms with Crippen molar-refractivity contribution in [1.29, 1.82) is 0 Å². The molecule has 0 aliphatic carbocycles. The molecule has 2 aromatic rings. The number of carbonyl (C=O) groups excluding carboxylic acids is 3. The van der Waals surface area contributed by atoms with Crippen LogP contribution < -0.4 is 9.47 Å².